The fourth-order valence-electron chi connectivity index (χ4n) is 1.72. The lowest BCUT2D eigenvalue weighted by Crippen LogP contribution is -1.81. The molecule has 0 fully saturated rings. The molecule has 2 heterocycles. The van der Waals surface area contributed by atoms with Gasteiger partial charge in [-0.15, -0.1) is 22.0 Å². The summed E-state index contributed by atoms with van der Waals surface area (Å²) < 4.78 is 7.71. The van der Waals surface area contributed by atoms with Crippen molar-refractivity contribution < 1.29 is 4.42 Å². The van der Waals surface area contributed by atoms with Gasteiger partial charge in [0.1, 0.15) is 0 Å². The summed E-state index contributed by atoms with van der Waals surface area (Å²) in [7, 11) is 0. The number of nitrogens with zero attached hydrogens (tertiary/aromatic N) is 3. The first-order valence-electron chi connectivity index (χ1n) is 6.06. The quantitative estimate of drug-likeness (QED) is 0.683. The Morgan fingerprint density at radius 2 is 2.14 bits per heavy atom. The molecule has 5 nitrogen and oxygen atoms in total. The molecule has 0 spiro atoms. The lowest BCUT2D eigenvalue weighted by molar-refractivity contribution is 0.528. The Hall–Kier alpha value is -1.38. The average Bonchev–Trinajstić information content (AvgIpc) is 3.04. The Balaban J connectivity index is 1.74. The van der Waals surface area contributed by atoms with Crippen molar-refractivity contribution in [2.24, 2.45) is 0 Å². The summed E-state index contributed by atoms with van der Waals surface area (Å²) in [5, 5.41) is 8.75. The molecule has 0 aliphatic rings. The first kappa shape index (κ1) is 14.6. The van der Waals surface area contributed by atoms with Gasteiger partial charge in [0.15, 0.2) is 5.13 Å². The van der Waals surface area contributed by atoms with Crippen LogP contribution in [0.4, 0.5) is 5.13 Å². The van der Waals surface area contributed by atoms with Crippen molar-refractivity contribution in [3.8, 4) is 11.5 Å². The number of anilines is 1. The van der Waals surface area contributed by atoms with E-state index in [-0.39, 0.29) is 0 Å². The highest BCUT2D eigenvalue weighted by atomic mass is 79.9. The molecule has 0 radical (unpaired) electrons. The van der Waals surface area contributed by atoms with Crippen LogP contribution >= 0.6 is 39.0 Å². The second kappa shape index (κ2) is 6.17. The van der Waals surface area contributed by atoms with E-state index < -0.39 is 0 Å². The average molecular weight is 383 g/mol. The summed E-state index contributed by atoms with van der Waals surface area (Å²) in [6, 6.07) is 7.75. The zero-order valence-electron chi connectivity index (χ0n) is 11.0. The van der Waals surface area contributed by atoms with Crippen molar-refractivity contribution in [2.75, 3.05) is 5.73 Å². The number of aromatic nitrogens is 3. The van der Waals surface area contributed by atoms with Gasteiger partial charge in [0, 0.05) is 4.47 Å². The zero-order valence-corrected chi connectivity index (χ0v) is 14.3. The van der Waals surface area contributed by atoms with Gasteiger partial charge >= 0.3 is 0 Å². The summed E-state index contributed by atoms with van der Waals surface area (Å²) in [4.78, 5) is 4.19. The molecule has 1 aromatic carbocycles. The summed E-state index contributed by atoms with van der Waals surface area (Å²) in [5.74, 6) is 1.69. The van der Waals surface area contributed by atoms with Crippen molar-refractivity contribution in [3.05, 3.63) is 40.3 Å². The fraction of sp³-hybridized carbons (Fsp3) is 0.154. The molecule has 0 bridgehead atoms. The van der Waals surface area contributed by atoms with Gasteiger partial charge in [-0.25, -0.2) is 4.98 Å². The van der Waals surface area contributed by atoms with Crippen molar-refractivity contribution in [1.82, 2.24) is 15.2 Å². The molecule has 108 valence electrons. The zero-order chi connectivity index (χ0) is 14.8. The van der Waals surface area contributed by atoms with Crippen LogP contribution < -0.4 is 5.73 Å². The molecule has 0 saturated carbocycles. The van der Waals surface area contributed by atoms with Crippen LogP contribution in [-0.4, -0.2) is 15.2 Å². The minimum atomic E-state index is 0.513. The van der Waals surface area contributed by atoms with Gasteiger partial charge in [-0.2, -0.15) is 0 Å². The summed E-state index contributed by atoms with van der Waals surface area (Å²) in [5.41, 5.74) is 7.51. The van der Waals surface area contributed by atoms with E-state index >= 15 is 0 Å². The molecule has 0 atom stereocenters. The topological polar surface area (TPSA) is 77.8 Å². The smallest absolute Gasteiger partial charge is 0.248 e. The van der Waals surface area contributed by atoms with Crippen LogP contribution in [0.15, 0.2) is 37.4 Å². The van der Waals surface area contributed by atoms with Gasteiger partial charge in [-0.1, -0.05) is 23.5 Å². The molecule has 8 heteroatoms. The monoisotopic (exact) mass is 382 g/mol. The van der Waals surface area contributed by atoms with Gasteiger partial charge < -0.3 is 10.2 Å². The third kappa shape index (κ3) is 3.28. The van der Waals surface area contributed by atoms with Gasteiger partial charge in [-0.3, -0.25) is 0 Å². The molecule has 0 aliphatic heterocycles. The van der Waals surface area contributed by atoms with E-state index in [0.717, 1.165) is 19.9 Å². The van der Waals surface area contributed by atoms with Crippen LogP contribution in [0.25, 0.3) is 11.5 Å². The molecule has 2 aromatic heterocycles. The van der Waals surface area contributed by atoms with E-state index in [1.807, 2.05) is 31.2 Å². The van der Waals surface area contributed by atoms with Crippen molar-refractivity contribution >= 4 is 44.2 Å². The predicted molar refractivity (Wildman–Crippen MR) is 88.3 cm³/mol. The molecule has 0 unspecified atom stereocenters. The molecule has 0 amide bonds. The van der Waals surface area contributed by atoms with Crippen LogP contribution in [0.1, 0.15) is 11.6 Å². The summed E-state index contributed by atoms with van der Waals surface area (Å²) >= 11 is 6.55. The van der Waals surface area contributed by atoms with E-state index in [1.165, 1.54) is 11.3 Å². The maximum atomic E-state index is 5.70. The Kier molecular flexibility index (Phi) is 4.27. The van der Waals surface area contributed by atoms with Crippen LogP contribution in [0, 0.1) is 6.92 Å². The number of hydrogen-bond donors (Lipinski definition) is 1. The maximum absolute atomic E-state index is 5.70. The highest BCUT2D eigenvalue weighted by molar-refractivity contribution is 9.10. The number of thiazole rings is 1. The van der Waals surface area contributed by atoms with E-state index in [4.69, 9.17) is 10.2 Å². The van der Waals surface area contributed by atoms with Crippen LogP contribution in [0.2, 0.25) is 0 Å². The Bertz CT molecular complexity index is 771. The number of aryl methyl sites for hydroxylation is 1. The molecule has 21 heavy (non-hydrogen) atoms. The number of halogens is 1. The van der Waals surface area contributed by atoms with Gasteiger partial charge in [-0.05, 0) is 35.0 Å². The van der Waals surface area contributed by atoms with Crippen LogP contribution in [-0.2, 0) is 5.75 Å². The Labute approximate surface area is 138 Å². The highest BCUT2D eigenvalue weighted by Gasteiger charge is 2.13. The lowest BCUT2D eigenvalue weighted by Gasteiger charge is -1.97. The minimum absolute atomic E-state index is 0.513. The molecular formula is C13H11BrN4OS2. The SMILES string of the molecule is Cc1nc(N)sc1SCc1nnc(-c2ccccc2Br)o1. The standard InChI is InChI=1S/C13H11BrN4OS2/c1-7-12(21-13(15)16-7)20-6-10-17-18-11(19-10)8-4-2-3-5-9(8)14/h2-5H,6H2,1H3,(H2,15,16). The molecule has 2 N–H and O–H groups in total. The molecular weight excluding hydrogens is 372 g/mol. The number of rotatable bonds is 4. The number of hydrogen-bond acceptors (Lipinski definition) is 7. The van der Waals surface area contributed by atoms with Gasteiger partial charge in [0.2, 0.25) is 11.8 Å². The Morgan fingerprint density at radius 1 is 1.33 bits per heavy atom. The lowest BCUT2D eigenvalue weighted by atomic mass is 10.2. The normalized spacial score (nSPS) is 11.0. The second-order valence-electron chi connectivity index (χ2n) is 4.19. The predicted octanol–water partition coefficient (Wildman–Crippen LogP) is 4.14. The number of nitrogens with two attached hydrogens (primary N) is 1. The second-order valence-corrected chi connectivity index (χ2v) is 7.32. The van der Waals surface area contributed by atoms with Gasteiger partial charge in [0.25, 0.3) is 0 Å². The van der Waals surface area contributed by atoms with E-state index in [9.17, 15) is 0 Å². The van der Waals surface area contributed by atoms with Crippen molar-refractivity contribution in [1.29, 1.82) is 0 Å². The first-order valence-corrected chi connectivity index (χ1v) is 8.66. The maximum Gasteiger partial charge on any atom is 0.248 e. The number of benzene rings is 1. The summed E-state index contributed by atoms with van der Waals surface area (Å²) in [6.07, 6.45) is 0. The Morgan fingerprint density at radius 3 is 2.86 bits per heavy atom. The molecule has 3 aromatic rings. The summed E-state index contributed by atoms with van der Waals surface area (Å²) in [6.45, 7) is 1.94. The largest absolute Gasteiger partial charge is 0.420 e. The molecule has 0 saturated heterocycles. The first-order chi connectivity index (χ1) is 10.1. The highest BCUT2D eigenvalue weighted by Crippen LogP contribution is 2.33. The van der Waals surface area contributed by atoms with Crippen molar-refractivity contribution in [3.63, 3.8) is 0 Å². The number of nitrogen functional groups attached to an aromatic ring is 1. The third-order valence-electron chi connectivity index (χ3n) is 2.67. The molecule has 3 rings (SSSR count). The van der Waals surface area contributed by atoms with Crippen LogP contribution in [0.5, 0.6) is 0 Å². The van der Waals surface area contributed by atoms with E-state index in [1.54, 1.807) is 11.8 Å². The van der Waals surface area contributed by atoms with Gasteiger partial charge in [0.05, 0.1) is 21.2 Å². The van der Waals surface area contributed by atoms with Crippen molar-refractivity contribution in [2.45, 2.75) is 16.9 Å². The van der Waals surface area contributed by atoms with Crippen LogP contribution in [0.3, 0.4) is 0 Å². The minimum Gasteiger partial charge on any atom is -0.420 e. The fourth-order valence-corrected chi connectivity index (χ4v) is 4.03. The molecule has 0 aliphatic carbocycles. The van der Waals surface area contributed by atoms with E-state index in [0.29, 0.717) is 22.7 Å². The number of thioether (sulfide) groups is 1. The third-order valence-corrected chi connectivity index (χ3v) is 5.69. The van der Waals surface area contributed by atoms with E-state index in [2.05, 4.69) is 31.1 Å².